The molecule has 0 bridgehead atoms. The average Bonchev–Trinajstić information content (AvgIpc) is 2.85. The smallest absolute Gasteiger partial charge is 0.416 e. The minimum absolute atomic E-state index is 0.122. The van der Waals surface area contributed by atoms with Crippen LogP contribution in [0.15, 0.2) is 79.0 Å². The van der Waals surface area contributed by atoms with Gasteiger partial charge >= 0.3 is 6.18 Å². The van der Waals surface area contributed by atoms with Crippen molar-refractivity contribution in [2.75, 3.05) is 31.1 Å². The van der Waals surface area contributed by atoms with Gasteiger partial charge < -0.3 is 10.0 Å². The van der Waals surface area contributed by atoms with Gasteiger partial charge in [0.15, 0.2) is 0 Å². The fraction of sp³-hybridized carbons (Fsp3) is 0.222. The first kappa shape index (κ1) is 23.5. The predicted molar refractivity (Wildman–Crippen MR) is 132 cm³/mol. The van der Waals surface area contributed by atoms with Crippen molar-refractivity contribution < 1.29 is 18.3 Å². The second kappa shape index (κ2) is 9.40. The van der Waals surface area contributed by atoms with E-state index >= 15 is 0 Å². The molecule has 1 unspecified atom stereocenters. The van der Waals surface area contributed by atoms with E-state index in [0.29, 0.717) is 42.3 Å². The molecule has 1 atom stereocenters. The Hall–Kier alpha value is -3.29. The molecular formula is C27H23ClF3N3O. The first-order valence-electron chi connectivity index (χ1n) is 11.3. The van der Waals surface area contributed by atoms with Crippen molar-refractivity contribution in [2.24, 2.45) is 0 Å². The standard InChI is InChI=1S/C27H23ClF3N3O/c28-20-9-10-21-23(17-20)32-12-11-24(21)33-13-15-34(16-14-33)26(22-3-1-2-4-25(22)35)18-5-7-19(8-6-18)27(29,30)31/h1-12,17,26,35H,13-16H2. The Balaban J connectivity index is 1.43. The van der Waals surface area contributed by atoms with Crippen LogP contribution < -0.4 is 4.90 Å². The number of nitrogens with zero attached hydrogens (tertiary/aromatic N) is 3. The van der Waals surface area contributed by atoms with E-state index in [1.54, 1.807) is 18.3 Å². The van der Waals surface area contributed by atoms with E-state index in [4.69, 9.17) is 11.6 Å². The third kappa shape index (κ3) is 4.79. The van der Waals surface area contributed by atoms with E-state index in [0.717, 1.165) is 28.7 Å². The SMILES string of the molecule is Oc1ccccc1C(c1ccc(C(F)(F)F)cc1)N1CCN(c2ccnc3cc(Cl)ccc23)CC1. The highest BCUT2D eigenvalue weighted by molar-refractivity contribution is 6.31. The summed E-state index contributed by atoms with van der Waals surface area (Å²) < 4.78 is 39.4. The van der Waals surface area contributed by atoms with E-state index in [1.165, 1.54) is 12.1 Å². The molecule has 1 N–H and O–H groups in total. The fourth-order valence-corrected chi connectivity index (χ4v) is 4.93. The Kier molecular flexibility index (Phi) is 6.30. The summed E-state index contributed by atoms with van der Waals surface area (Å²) >= 11 is 6.13. The quantitative estimate of drug-likeness (QED) is 0.348. The van der Waals surface area contributed by atoms with Gasteiger partial charge in [0, 0.05) is 54.0 Å². The van der Waals surface area contributed by atoms with Gasteiger partial charge in [0.25, 0.3) is 0 Å². The van der Waals surface area contributed by atoms with Crippen molar-refractivity contribution in [3.8, 4) is 5.75 Å². The Morgan fingerprint density at radius 3 is 2.29 bits per heavy atom. The third-order valence-corrected chi connectivity index (χ3v) is 6.72. The Morgan fingerprint density at radius 2 is 1.60 bits per heavy atom. The van der Waals surface area contributed by atoms with Gasteiger partial charge in [0.1, 0.15) is 5.75 Å². The average molecular weight is 498 g/mol. The van der Waals surface area contributed by atoms with E-state index < -0.39 is 11.7 Å². The number of pyridine rings is 1. The number of alkyl halides is 3. The normalized spacial score (nSPS) is 15.9. The number of benzene rings is 3. The van der Waals surface area contributed by atoms with E-state index in [2.05, 4.69) is 14.8 Å². The number of fused-ring (bicyclic) bond motifs is 1. The number of aromatic hydroxyl groups is 1. The van der Waals surface area contributed by atoms with E-state index in [-0.39, 0.29) is 11.8 Å². The van der Waals surface area contributed by atoms with Gasteiger partial charge in [-0.05, 0) is 48.0 Å². The molecule has 3 aromatic carbocycles. The molecule has 35 heavy (non-hydrogen) atoms. The largest absolute Gasteiger partial charge is 0.508 e. The second-order valence-corrected chi connectivity index (χ2v) is 9.03. The zero-order valence-corrected chi connectivity index (χ0v) is 19.5. The summed E-state index contributed by atoms with van der Waals surface area (Å²) in [5.74, 6) is 0.122. The number of piperazine rings is 1. The molecule has 1 fully saturated rings. The lowest BCUT2D eigenvalue weighted by atomic mass is 9.94. The van der Waals surface area contributed by atoms with Gasteiger partial charge in [-0.15, -0.1) is 0 Å². The van der Waals surface area contributed by atoms with Crippen molar-refractivity contribution in [3.05, 3.63) is 101 Å². The minimum Gasteiger partial charge on any atom is -0.508 e. The first-order chi connectivity index (χ1) is 16.8. The lowest BCUT2D eigenvalue weighted by Gasteiger charge is -2.41. The van der Waals surface area contributed by atoms with Gasteiger partial charge in [0.2, 0.25) is 0 Å². The summed E-state index contributed by atoms with van der Waals surface area (Å²) in [6.07, 6.45) is -2.63. The zero-order valence-electron chi connectivity index (χ0n) is 18.7. The van der Waals surface area contributed by atoms with Crippen LogP contribution in [0.3, 0.4) is 0 Å². The lowest BCUT2D eigenvalue weighted by molar-refractivity contribution is -0.137. The van der Waals surface area contributed by atoms with Crippen molar-refractivity contribution in [1.29, 1.82) is 0 Å². The minimum atomic E-state index is -4.40. The molecule has 0 radical (unpaired) electrons. The van der Waals surface area contributed by atoms with Crippen LogP contribution in [0.25, 0.3) is 10.9 Å². The fourth-order valence-electron chi connectivity index (χ4n) is 4.76. The van der Waals surface area contributed by atoms with E-state index in [1.807, 2.05) is 36.4 Å². The van der Waals surface area contributed by atoms with Crippen molar-refractivity contribution in [1.82, 2.24) is 9.88 Å². The van der Waals surface area contributed by atoms with Crippen LogP contribution in [0, 0.1) is 0 Å². The number of hydrogen-bond acceptors (Lipinski definition) is 4. The monoisotopic (exact) mass is 497 g/mol. The van der Waals surface area contributed by atoms with Gasteiger partial charge in [-0.1, -0.05) is 41.9 Å². The number of rotatable bonds is 4. The van der Waals surface area contributed by atoms with E-state index in [9.17, 15) is 18.3 Å². The van der Waals surface area contributed by atoms with Crippen molar-refractivity contribution in [2.45, 2.75) is 12.2 Å². The molecule has 2 heterocycles. The Bertz CT molecular complexity index is 1340. The number of phenolic OH excluding ortho intramolecular Hbond substituents is 1. The maximum absolute atomic E-state index is 13.1. The van der Waals surface area contributed by atoms with Crippen LogP contribution in [0.2, 0.25) is 5.02 Å². The summed E-state index contributed by atoms with van der Waals surface area (Å²) in [5, 5.41) is 12.2. The van der Waals surface area contributed by atoms with Gasteiger partial charge in [0.05, 0.1) is 17.1 Å². The highest BCUT2D eigenvalue weighted by Gasteiger charge is 2.32. The summed E-state index contributed by atoms with van der Waals surface area (Å²) in [6, 6.07) is 19.5. The molecule has 0 amide bonds. The number of halogens is 4. The molecule has 4 nitrogen and oxygen atoms in total. The van der Waals surface area contributed by atoms with Crippen molar-refractivity contribution in [3.63, 3.8) is 0 Å². The molecule has 180 valence electrons. The maximum Gasteiger partial charge on any atom is 0.416 e. The molecular weight excluding hydrogens is 475 g/mol. The number of hydrogen-bond donors (Lipinski definition) is 1. The number of para-hydroxylation sites is 1. The van der Waals surface area contributed by atoms with Crippen LogP contribution in [0.1, 0.15) is 22.7 Å². The highest BCUT2D eigenvalue weighted by atomic mass is 35.5. The number of anilines is 1. The number of aromatic nitrogens is 1. The molecule has 0 spiro atoms. The predicted octanol–water partition coefficient (Wildman–Crippen LogP) is 6.52. The zero-order chi connectivity index (χ0) is 24.6. The maximum atomic E-state index is 13.1. The van der Waals surface area contributed by atoms with Crippen LogP contribution in [-0.4, -0.2) is 41.2 Å². The molecule has 8 heteroatoms. The lowest BCUT2D eigenvalue weighted by Crippen LogP contribution is -2.48. The van der Waals surface area contributed by atoms with Crippen LogP contribution >= 0.6 is 11.6 Å². The second-order valence-electron chi connectivity index (χ2n) is 8.60. The highest BCUT2D eigenvalue weighted by Crippen LogP contribution is 2.37. The molecule has 1 aliphatic rings. The summed E-state index contributed by atoms with van der Waals surface area (Å²) in [7, 11) is 0. The Labute approximate surface area is 206 Å². The Morgan fingerprint density at radius 1 is 0.886 bits per heavy atom. The number of phenols is 1. The first-order valence-corrected chi connectivity index (χ1v) is 11.7. The molecule has 4 aromatic rings. The molecule has 0 aliphatic carbocycles. The van der Waals surface area contributed by atoms with Gasteiger partial charge in [-0.3, -0.25) is 9.88 Å². The van der Waals surface area contributed by atoms with Crippen molar-refractivity contribution >= 4 is 28.2 Å². The summed E-state index contributed by atoms with van der Waals surface area (Å²) in [6.45, 7) is 2.76. The van der Waals surface area contributed by atoms with Gasteiger partial charge in [-0.2, -0.15) is 13.2 Å². The molecule has 1 aliphatic heterocycles. The molecule has 5 rings (SSSR count). The van der Waals surface area contributed by atoms with Crippen LogP contribution in [-0.2, 0) is 6.18 Å². The third-order valence-electron chi connectivity index (χ3n) is 6.49. The summed E-state index contributed by atoms with van der Waals surface area (Å²) in [5.41, 5.74) is 2.59. The molecule has 1 saturated heterocycles. The van der Waals surface area contributed by atoms with Crippen LogP contribution in [0.5, 0.6) is 5.75 Å². The molecule has 0 saturated carbocycles. The van der Waals surface area contributed by atoms with Crippen LogP contribution in [0.4, 0.5) is 18.9 Å². The van der Waals surface area contributed by atoms with Gasteiger partial charge in [-0.25, -0.2) is 0 Å². The summed E-state index contributed by atoms with van der Waals surface area (Å²) in [4.78, 5) is 8.91. The topological polar surface area (TPSA) is 39.6 Å². The molecule has 1 aromatic heterocycles.